The number of para-hydroxylation sites is 1. The summed E-state index contributed by atoms with van der Waals surface area (Å²) in [6.07, 6.45) is 1.03. The molecule has 0 amide bonds. The normalized spacial score (nSPS) is 19.4. The Kier molecular flexibility index (Phi) is 5.84. The van der Waals surface area contributed by atoms with Gasteiger partial charge >= 0.3 is 0 Å². The van der Waals surface area contributed by atoms with Crippen LogP contribution in [-0.2, 0) is 6.61 Å². The number of fused-ring (bicyclic) bond motifs is 1. The van der Waals surface area contributed by atoms with Gasteiger partial charge in [0, 0.05) is 24.7 Å². The summed E-state index contributed by atoms with van der Waals surface area (Å²) in [5, 5.41) is 18.4. The molecule has 2 unspecified atom stereocenters. The van der Waals surface area contributed by atoms with Gasteiger partial charge in [-0.1, -0.05) is 48.5 Å². The molecule has 2 aromatic heterocycles. The third-order valence-corrected chi connectivity index (χ3v) is 6.11. The van der Waals surface area contributed by atoms with Crippen LogP contribution in [0.25, 0.3) is 10.9 Å². The van der Waals surface area contributed by atoms with Crippen molar-refractivity contribution in [2.24, 2.45) is 5.92 Å². The highest BCUT2D eigenvalue weighted by Gasteiger charge is 2.43. The smallest absolute Gasteiger partial charge is 0.249 e. The molecule has 1 fully saturated rings. The summed E-state index contributed by atoms with van der Waals surface area (Å²) in [5.74, 6) is -2.79. The summed E-state index contributed by atoms with van der Waals surface area (Å²) >= 11 is 0. The molecule has 5 rings (SSSR count). The maximum absolute atomic E-state index is 14.0. The van der Waals surface area contributed by atoms with Gasteiger partial charge in [-0.2, -0.15) is 10.4 Å². The molecule has 6 nitrogen and oxygen atoms in total. The first kappa shape index (κ1) is 21.8. The van der Waals surface area contributed by atoms with Crippen molar-refractivity contribution >= 4 is 22.4 Å². The molecule has 2 atom stereocenters. The first-order valence-corrected chi connectivity index (χ1v) is 11.2. The number of alkyl halides is 2. The lowest BCUT2D eigenvalue weighted by molar-refractivity contribution is -0.0577. The van der Waals surface area contributed by atoms with Crippen molar-refractivity contribution < 1.29 is 13.5 Å². The number of halogens is 2. The van der Waals surface area contributed by atoms with Gasteiger partial charge in [-0.05, 0) is 30.2 Å². The lowest BCUT2D eigenvalue weighted by Crippen LogP contribution is -2.33. The molecule has 0 radical (unpaired) electrons. The summed E-state index contributed by atoms with van der Waals surface area (Å²) in [5.41, 5.74) is 2.50. The molecule has 0 spiro atoms. The van der Waals surface area contributed by atoms with Crippen LogP contribution >= 0.6 is 0 Å². The number of benzene rings is 2. The van der Waals surface area contributed by atoms with E-state index in [1.165, 1.54) is 0 Å². The number of hydrogen-bond donors (Lipinski definition) is 1. The molecule has 1 saturated carbocycles. The Morgan fingerprint density at radius 3 is 2.56 bits per heavy atom. The summed E-state index contributed by atoms with van der Waals surface area (Å²) < 4.78 is 35.9. The van der Waals surface area contributed by atoms with E-state index < -0.39 is 24.3 Å². The second kappa shape index (κ2) is 9.10. The number of pyridine rings is 1. The van der Waals surface area contributed by atoms with Gasteiger partial charge in [0.1, 0.15) is 12.0 Å². The predicted molar refractivity (Wildman–Crippen MR) is 125 cm³/mol. The van der Waals surface area contributed by atoms with Crippen LogP contribution in [0.3, 0.4) is 0 Å². The number of nitriles is 1. The first-order valence-electron chi connectivity index (χ1n) is 11.2. The van der Waals surface area contributed by atoms with Crippen LogP contribution < -0.4 is 10.1 Å². The fourth-order valence-electron chi connectivity index (χ4n) is 4.44. The summed E-state index contributed by atoms with van der Waals surface area (Å²) in [6.45, 7) is 0.319. The molecule has 34 heavy (non-hydrogen) atoms. The minimum absolute atomic E-state index is 0.162. The Balaban J connectivity index is 1.57. The van der Waals surface area contributed by atoms with Crippen molar-refractivity contribution in [2.75, 3.05) is 5.32 Å². The third kappa shape index (κ3) is 4.42. The van der Waals surface area contributed by atoms with Crippen molar-refractivity contribution in [2.45, 2.75) is 37.8 Å². The highest BCUT2D eigenvalue weighted by Crippen LogP contribution is 2.44. The fourth-order valence-corrected chi connectivity index (χ4v) is 4.44. The maximum Gasteiger partial charge on any atom is 0.249 e. The van der Waals surface area contributed by atoms with Crippen LogP contribution in [0, 0.1) is 17.2 Å². The maximum atomic E-state index is 14.0. The van der Waals surface area contributed by atoms with E-state index in [1.807, 2.05) is 60.7 Å². The Morgan fingerprint density at radius 2 is 1.82 bits per heavy atom. The minimum Gasteiger partial charge on any atom is -0.472 e. The van der Waals surface area contributed by atoms with Crippen molar-refractivity contribution in [3.63, 3.8) is 0 Å². The van der Waals surface area contributed by atoms with Crippen LogP contribution in [0.1, 0.15) is 30.9 Å². The van der Waals surface area contributed by atoms with E-state index in [9.17, 15) is 14.0 Å². The van der Waals surface area contributed by atoms with Crippen molar-refractivity contribution in [1.82, 2.24) is 14.8 Å². The summed E-state index contributed by atoms with van der Waals surface area (Å²) in [4.78, 5) is 4.44. The van der Waals surface area contributed by atoms with Gasteiger partial charge in [-0.15, -0.1) is 0 Å². The molecule has 2 aromatic carbocycles. The molecule has 0 aliphatic heterocycles. The minimum atomic E-state index is -2.84. The van der Waals surface area contributed by atoms with Gasteiger partial charge in [0.15, 0.2) is 5.82 Å². The van der Waals surface area contributed by atoms with Gasteiger partial charge < -0.3 is 10.1 Å². The Labute approximate surface area is 195 Å². The number of aromatic nitrogens is 3. The lowest BCUT2D eigenvalue weighted by Gasteiger charge is -2.32. The highest BCUT2D eigenvalue weighted by molar-refractivity contribution is 5.96. The van der Waals surface area contributed by atoms with E-state index in [0.717, 1.165) is 11.3 Å². The van der Waals surface area contributed by atoms with E-state index in [-0.39, 0.29) is 12.8 Å². The van der Waals surface area contributed by atoms with Gasteiger partial charge in [0.2, 0.25) is 11.8 Å². The zero-order chi connectivity index (χ0) is 23.5. The average molecular weight is 460 g/mol. The van der Waals surface area contributed by atoms with E-state index in [4.69, 9.17) is 9.84 Å². The number of ether oxygens (including phenoxy) is 1. The number of hydrogen-bond acceptors (Lipinski definition) is 5. The van der Waals surface area contributed by atoms with Crippen LogP contribution in [0.5, 0.6) is 5.88 Å². The van der Waals surface area contributed by atoms with E-state index in [0.29, 0.717) is 29.2 Å². The van der Waals surface area contributed by atoms with Crippen LogP contribution in [0.2, 0.25) is 0 Å². The average Bonchev–Trinajstić information content (AvgIpc) is 3.22. The molecule has 172 valence electrons. The third-order valence-electron chi connectivity index (χ3n) is 6.11. The number of nitrogens with zero attached hydrogens (tertiary/aromatic N) is 4. The largest absolute Gasteiger partial charge is 0.472 e. The number of rotatable bonds is 6. The van der Waals surface area contributed by atoms with Crippen LogP contribution in [0.15, 0.2) is 72.9 Å². The SMILES string of the molecule is N#CC1CC(F)(F)CCC1n1nc(Nc2ccccc2)c2c(OCc3ccccc3)nccc21. The summed E-state index contributed by atoms with van der Waals surface area (Å²) in [7, 11) is 0. The zero-order valence-electron chi connectivity index (χ0n) is 18.4. The van der Waals surface area contributed by atoms with Gasteiger partial charge in [0.05, 0.1) is 23.5 Å². The predicted octanol–water partition coefficient (Wildman–Crippen LogP) is 6.25. The fraction of sp³-hybridized carbons (Fsp3) is 0.269. The zero-order valence-corrected chi connectivity index (χ0v) is 18.4. The molecular weight excluding hydrogens is 436 g/mol. The molecule has 1 N–H and O–H groups in total. The van der Waals surface area contributed by atoms with Gasteiger partial charge in [-0.25, -0.2) is 13.8 Å². The second-order valence-electron chi connectivity index (χ2n) is 8.47. The quantitative estimate of drug-likeness (QED) is 0.369. The van der Waals surface area contributed by atoms with Crippen molar-refractivity contribution in [1.29, 1.82) is 5.26 Å². The Morgan fingerprint density at radius 1 is 1.09 bits per heavy atom. The Bertz CT molecular complexity index is 1320. The van der Waals surface area contributed by atoms with Crippen molar-refractivity contribution in [3.05, 3.63) is 78.5 Å². The topological polar surface area (TPSA) is 75.8 Å². The molecule has 1 aliphatic carbocycles. The highest BCUT2D eigenvalue weighted by atomic mass is 19.3. The first-order chi connectivity index (χ1) is 16.5. The molecular formula is C26H23F2N5O. The standard InChI is InChI=1S/C26H23F2N5O/c27-26(28)13-11-21(19(15-26)16-29)33-22-12-14-30-25(34-17-18-7-3-1-4-8-18)23(22)24(32-33)31-20-9-5-2-6-10-20/h1-10,12,14,19,21H,11,13,15,17H2,(H,31,32). The molecule has 1 aliphatic rings. The molecule has 4 aromatic rings. The second-order valence-corrected chi connectivity index (χ2v) is 8.47. The van der Waals surface area contributed by atoms with E-state index in [1.54, 1.807) is 16.9 Å². The monoisotopic (exact) mass is 459 g/mol. The Hall–Kier alpha value is -3.99. The summed E-state index contributed by atoms with van der Waals surface area (Å²) in [6, 6.07) is 22.7. The van der Waals surface area contributed by atoms with Crippen molar-refractivity contribution in [3.8, 4) is 11.9 Å². The van der Waals surface area contributed by atoms with E-state index in [2.05, 4.69) is 16.4 Å². The van der Waals surface area contributed by atoms with E-state index >= 15 is 0 Å². The van der Waals surface area contributed by atoms with Gasteiger partial charge in [-0.3, -0.25) is 4.68 Å². The van der Waals surface area contributed by atoms with Crippen LogP contribution in [-0.4, -0.2) is 20.7 Å². The van der Waals surface area contributed by atoms with Crippen LogP contribution in [0.4, 0.5) is 20.3 Å². The molecule has 0 bridgehead atoms. The molecule has 8 heteroatoms. The molecule has 2 heterocycles. The van der Waals surface area contributed by atoms with Gasteiger partial charge in [0.25, 0.3) is 0 Å². The number of nitrogens with one attached hydrogen (secondary N) is 1. The lowest BCUT2D eigenvalue weighted by atomic mass is 9.83. The molecule has 0 saturated heterocycles. The number of anilines is 2.